The molecule has 0 aromatic rings. The van der Waals surface area contributed by atoms with Crippen molar-refractivity contribution >= 4 is 0 Å². The molecule has 0 rings (SSSR count). The van der Waals surface area contributed by atoms with Crippen molar-refractivity contribution in [2.45, 2.75) is 0 Å². The molecule has 9 heavy (non-hydrogen) atoms. The summed E-state index contributed by atoms with van der Waals surface area (Å²) in [4.78, 5) is 0. The number of nitrogens with two attached hydrogens (primary N) is 1. The van der Waals surface area contributed by atoms with Crippen LogP contribution >= 0.6 is 0 Å². The Kier molecular flexibility index (Phi) is 3.27. The molecule has 54 valence electrons. The Bertz CT molecular complexity index is 85.5. The smallest absolute Gasteiger partial charge is 0.138 e. The highest BCUT2D eigenvalue weighted by molar-refractivity contribution is 4.47. The van der Waals surface area contributed by atoms with E-state index in [1.165, 1.54) is 6.26 Å². The standard InChI is InChI=1S/C6H15N2O/c1-4-9-6-5-8(2,3)7/h4H,1,5-7H2,2-3H3/q+1. The predicted molar refractivity (Wildman–Crippen MR) is 37.3 cm³/mol. The van der Waals surface area contributed by atoms with Crippen LogP contribution in [-0.4, -0.2) is 31.8 Å². The fourth-order valence-corrected chi connectivity index (χ4v) is 0.371. The Labute approximate surface area is 56.3 Å². The van der Waals surface area contributed by atoms with E-state index in [1.807, 2.05) is 14.1 Å². The van der Waals surface area contributed by atoms with Gasteiger partial charge in [0.2, 0.25) is 0 Å². The third-order valence-electron chi connectivity index (χ3n) is 0.903. The number of hydrogen-bond donors (Lipinski definition) is 1. The molecule has 0 bridgehead atoms. The molecule has 0 unspecified atom stereocenters. The molecule has 0 aromatic carbocycles. The third kappa shape index (κ3) is 7.46. The van der Waals surface area contributed by atoms with Gasteiger partial charge in [-0.25, -0.2) is 0 Å². The fraction of sp³-hybridized carbons (Fsp3) is 0.667. The van der Waals surface area contributed by atoms with E-state index < -0.39 is 0 Å². The van der Waals surface area contributed by atoms with Crippen molar-refractivity contribution in [3.63, 3.8) is 0 Å². The molecule has 2 N–H and O–H groups in total. The van der Waals surface area contributed by atoms with Crippen LogP contribution in [0, 0.1) is 0 Å². The van der Waals surface area contributed by atoms with Gasteiger partial charge in [0, 0.05) is 0 Å². The van der Waals surface area contributed by atoms with Crippen LogP contribution in [0.25, 0.3) is 0 Å². The molecule has 0 amide bonds. The highest BCUT2D eigenvalue weighted by Gasteiger charge is 2.05. The van der Waals surface area contributed by atoms with Crippen LogP contribution in [-0.2, 0) is 4.74 Å². The zero-order chi connectivity index (χ0) is 7.33. The first kappa shape index (κ1) is 8.46. The van der Waals surface area contributed by atoms with E-state index in [2.05, 4.69) is 6.58 Å². The Morgan fingerprint density at radius 3 is 2.56 bits per heavy atom. The molecular weight excluding hydrogens is 116 g/mol. The molecule has 0 aliphatic rings. The summed E-state index contributed by atoms with van der Waals surface area (Å²) in [5.74, 6) is 5.60. The third-order valence-corrected chi connectivity index (χ3v) is 0.903. The van der Waals surface area contributed by atoms with Crippen LogP contribution in [0.2, 0.25) is 0 Å². The van der Waals surface area contributed by atoms with E-state index in [0.29, 0.717) is 11.2 Å². The lowest BCUT2D eigenvalue weighted by Crippen LogP contribution is -2.48. The summed E-state index contributed by atoms with van der Waals surface area (Å²) in [6.07, 6.45) is 1.43. The summed E-state index contributed by atoms with van der Waals surface area (Å²) in [6, 6.07) is 0. The average Bonchev–Trinajstić information content (AvgIpc) is 1.63. The quantitative estimate of drug-likeness (QED) is 0.193. The molecule has 0 aliphatic heterocycles. The Morgan fingerprint density at radius 1 is 1.67 bits per heavy atom. The highest BCUT2D eigenvalue weighted by atomic mass is 16.5. The highest BCUT2D eigenvalue weighted by Crippen LogP contribution is 1.84. The number of likely N-dealkylation sites (N-methyl/N-ethyl adjacent to an activating group) is 1. The lowest BCUT2D eigenvalue weighted by Gasteiger charge is -2.21. The molecule has 0 spiro atoms. The van der Waals surface area contributed by atoms with Gasteiger partial charge < -0.3 is 4.74 Å². The largest absolute Gasteiger partial charge is 0.496 e. The molecule has 0 aliphatic carbocycles. The van der Waals surface area contributed by atoms with Crippen LogP contribution in [0.1, 0.15) is 0 Å². The van der Waals surface area contributed by atoms with Crippen LogP contribution in [0.15, 0.2) is 12.8 Å². The SMILES string of the molecule is C=COCC[N+](C)(C)N. The Hall–Kier alpha value is -0.540. The van der Waals surface area contributed by atoms with Gasteiger partial charge in [0.25, 0.3) is 0 Å². The van der Waals surface area contributed by atoms with E-state index in [4.69, 9.17) is 10.6 Å². The van der Waals surface area contributed by atoms with Gasteiger partial charge in [-0.3, -0.25) is 4.59 Å². The summed E-state index contributed by atoms with van der Waals surface area (Å²) in [7, 11) is 3.82. The first-order chi connectivity index (χ1) is 4.06. The van der Waals surface area contributed by atoms with Gasteiger partial charge in [0.15, 0.2) is 0 Å². The molecule has 3 nitrogen and oxygen atoms in total. The lowest BCUT2D eigenvalue weighted by molar-refractivity contribution is -0.902. The summed E-state index contributed by atoms with van der Waals surface area (Å²) in [5, 5.41) is 0. The Balaban J connectivity index is 3.17. The molecule has 0 radical (unpaired) electrons. The van der Waals surface area contributed by atoms with Gasteiger partial charge >= 0.3 is 0 Å². The first-order valence-corrected chi connectivity index (χ1v) is 2.90. The van der Waals surface area contributed by atoms with E-state index in [1.54, 1.807) is 0 Å². The number of quaternary nitrogens is 1. The van der Waals surface area contributed by atoms with Gasteiger partial charge in [0.05, 0.1) is 20.4 Å². The molecular formula is C6H15N2O+. The van der Waals surface area contributed by atoms with Gasteiger partial charge in [-0.05, 0) is 0 Å². The minimum atomic E-state index is 0.438. The fourth-order valence-electron chi connectivity index (χ4n) is 0.371. The number of nitrogens with zero attached hydrogens (tertiary/aromatic N) is 1. The first-order valence-electron chi connectivity index (χ1n) is 2.90. The number of ether oxygens (including phenoxy) is 1. The summed E-state index contributed by atoms with van der Waals surface area (Å²) in [5.41, 5.74) is 0. The second-order valence-electron chi connectivity index (χ2n) is 2.54. The zero-order valence-corrected chi connectivity index (χ0v) is 6.13. The number of hydrogen-bond acceptors (Lipinski definition) is 2. The second kappa shape index (κ2) is 3.48. The predicted octanol–water partition coefficient (Wildman–Crippen LogP) is 0.0966. The summed E-state index contributed by atoms with van der Waals surface area (Å²) >= 11 is 0. The average molecular weight is 131 g/mol. The maximum absolute atomic E-state index is 5.60. The molecule has 0 aromatic heterocycles. The van der Waals surface area contributed by atoms with Crippen molar-refractivity contribution in [3.8, 4) is 0 Å². The molecule has 0 saturated heterocycles. The van der Waals surface area contributed by atoms with Crippen molar-refractivity contribution in [2.24, 2.45) is 5.84 Å². The van der Waals surface area contributed by atoms with Crippen molar-refractivity contribution in [1.29, 1.82) is 0 Å². The summed E-state index contributed by atoms with van der Waals surface area (Å²) in [6.45, 7) is 4.84. The lowest BCUT2D eigenvalue weighted by atomic mass is 10.6. The van der Waals surface area contributed by atoms with Crippen LogP contribution in [0.3, 0.4) is 0 Å². The van der Waals surface area contributed by atoms with Gasteiger partial charge in [-0.2, -0.15) is 5.84 Å². The van der Waals surface area contributed by atoms with Crippen molar-refractivity contribution in [2.75, 3.05) is 27.2 Å². The van der Waals surface area contributed by atoms with E-state index in [-0.39, 0.29) is 0 Å². The summed E-state index contributed by atoms with van der Waals surface area (Å²) < 4.78 is 5.32. The van der Waals surface area contributed by atoms with Gasteiger partial charge in [-0.1, -0.05) is 6.58 Å². The number of rotatable bonds is 4. The minimum absolute atomic E-state index is 0.438. The van der Waals surface area contributed by atoms with E-state index >= 15 is 0 Å². The molecule has 0 heterocycles. The molecule has 0 saturated carbocycles. The van der Waals surface area contributed by atoms with Gasteiger partial charge in [0.1, 0.15) is 13.2 Å². The maximum atomic E-state index is 5.60. The molecule has 0 fully saturated rings. The van der Waals surface area contributed by atoms with Crippen LogP contribution < -0.4 is 5.84 Å². The van der Waals surface area contributed by atoms with Crippen molar-refractivity contribution in [1.82, 2.24) is 0 Å². The normalized spacial score (nSPS) is 11.0. The van der Waals surface area contributed by atoms with Crippen molar-refractivity contribution < 1.29 is 9.33 Å². The topological polar surface area (TPSA) is 35.2 Å². The van der Waals surface area contributed by atoms with E-state index in [9.17, 15) is 0 Å². The van der Waals surface area contributed by atoms with E-state index in [0.717, 1.165) is 6.54 Å². The zero-order valence-electron chi connectivity index (χ0n) is 6.13. The van der Waals surface area contributed by atoms with Gasteiger partial charge in [-0.15, -0.1) is 0 Å². The second-order valence-corrected chi connectivity index (χ2v) is 2.54. The molecule has 0 atom stereocenters. The maximum Gasteiger partial charge on any atom is 0.138 e. The monoisotopic (exact) mass is 131 g/mol. The van der Waals surface area contributed by atoms with Crippen LogP contribution in [0.5, 0.6) is 0 Å². The van der Waals surface area contributed by atoms with Crippen molar-refractivity contribution in [3.05, 3.63) is 12.8 Å². The Morgan fingerprint density at radius 2 is 2.22 bits per heavy atom. The minimum Gasteiger partial charge on any atom is -0.496 e. The van der Waals surface area contributed by atoms with Crippen LogP contribution in [0.4, 0.5) is 0 Å². The molecule has 3 heteroatoms.